The third-order valence-electron chi connectivity index (χ3n) is 3.29. The summed E-state index contributed by atoms with van der Waals surface area (Å²) < 4.78 is 0. The van der Waals surface area contributed by atoms with Gasteiger partial charge in [0.25, 0.3) is 0 Å². The van der Waals surface area contributed by atoms with Gasteiger partial charge in [0.2, 0.25) is 5.91 Å². The van der Waals surface area contributed by atoms with Gasteiger partial charge in [-0.3, -0.25) is 9.59 Å². The second-order valence-corrected chi connectivity index (χ2v) is 4.45. The maximum atomic E-state index is 11.6. The molecule has 0 aromatic heterocycles. The maximum Gasteiger partial charge on any atom is 0.311 e. The van der Waals surface area contributed by atoms with Crippen LogP contribution in [0.5, 0.6) is 0 Å². The van der Waals surface area contributed by atoms with E-state index in [1.165, 1.54) is 0 Å². The van der Waals surface area contributed by atoms with Crippen molar-refractivity contribution in [2.45, 2.75) is 31.7 Å². The van der Waals surface area contributed by atoms with Crippen molar-refractivity contribution in [3.8, 4) is 0 Å². The van der Waals surface area contributed by atoms with E-state index >= 15 is 0 Å². The van der Waals surface area contributed by atoms with Crippen LogP contribution in [0.3, 0.4) is 0 Å². The second kappa shape index (κ2) is 3.81. The zero-order chi connectivity index (χ0) is 10.9. The zero-order valence-electron chi connectivity index (χ0n) is 8.58. The van der Waals surface area contributed by atoms with Crippen LogP contribution in [-0.2, 0) is 9.59 Å². The molecule has 1 saturated carbocycles. The number of hydrogen-bond donors (Lipinski definition) is 3. The van der Waals surface area contributed by atoms with Crippen LogP contribution in [-0.4, -0.2) is 36.1 Å². The van der Waals surface area contributed by atoms with Crippen LogP contribution < -0.4 is 10.6 Å². The lowest BCUT2D eigenvalue weighted by atomic mass is 10.1. The van der Waals surface area contributed by atoms with Gasteiger partial charge < -0.3 is 15.7 Å². The summed E-state index contributed by atoms with van der Waals surface area (Å²) in [6.07, 6.45) is 3.23. The van der Waals surface area contributed by atoms with Gasteiger partial charge >= 0.3 is 5.97 Å². The first-order valence-electron chi connectivity index (χ1n) is 5.39. The molecule has 5 heteroatoms. The number of carboxylic acids is 1. The fourth-order valence-electron chi connectivity index (χ4n) is 1.90. The highest BCUT2D eigenvalue weighted by atomic mass is 16.4. The Hall–Kier alpha value is -1.10. The minimum Gasteiger partial charge on any atom is -0.481 e. The molecular formula is C10H16N2O3. The fourth-order valence-corrected chi connectivity index (χ4v) is 1.90. The Morgan fingerprint density at radius 1 is 1.47 bits per heavy atom. The Kier molecular flexibility index (Phi) is 2.65. The molecule has 84 valence electrons. The molecule has 3 N–H and O–H groups in total. The van der Waals surface area contributed by atoms with Crippen LogP contribution in [0.15, 0.2) is 0 Å². The first kappa shape index (κ1) is 10.4. The molecule has 1 heterocycles. The van der Waals surface area contributed by atoms with Gasteiger partial charge in [0, 0.05) is 6.54 Å². The molecule has 0 spiro atoms. The quantitative estimate of drug-likeness (QED) is 0.599. The Balaban J connectivity index is 1.78. The van der Waals surface area contributed by atoms with E-state index in [1.54, 1.807) is 0 Å². The smallest absolute Gasteiger partial charge is 0.311 e. The normalized spacial score (nSPS) is 27.3. The molecule has 0 aromatic rings. The number of hydrogen-bond acceptors (Lipinski definition) is 3. The molecule has 1 aliphatic carbocycles. The zero-order valence-corrected chi connectivity index (χ0v) is 8.58. The lowest BCUT2D eigenvalue weighted by Crippen LogP contribution is -2.43. The van der Waals surface area contributed by atoms with Crippen LogP contribution in [0.1, 0.15) is 25.7 Å². The third kappa shape index (κ3) is 2.12. The van der Waals surface area contributed by atoms with E-state index in [0.29, 0.717) is 12.8 Å². The number of rotatable bonds is 4. The molecule has 1 atom stereocenters. The summed E-state index contributed by atoms with van der Waals surface area (Å²) >= 11 is 0. The van der Waals surface area contributed by atoms with Gasteiger partial charge in [-0.25, -0.2) is 0 Å². The predicted octanol–water partition coefficient (Wildman–Crippen LogP) is -0.281. The van der Waals surface area contributed by atoms with E-state index in [1.807, 2.05) is 0 Å². The van der Waals surface area contributed by atoms with E-state index in [-0.39, 0.29) is 18.5 Å². The van der Waals surface area contributed by atoms with Crippen LogP contribution in [0.4, 0.5) is 0 Å². The molecule has 0 aromatic carbocycles. The Morgan fingerprint density at radius 2 is 2.20 bits per heavy atom. The van der Waals surface area contributed by atoms with Gasteiger partial charge in [-0.15, -0.1) is 0 Å². The van der Waals surface area contributed by atoms with Crippen molar-refractivity contribution in [1.82, 2.24) is 10.6 Å². The lowest BCUT2D eigenvalue weighted by Gasteiger charge is -2.14. The van der Waals surface area contributed by atoms with Gasteiger partial charge in [0.05, 0.1) is 11.5 Å². The van der Waals surface area contributed by atoms with Crippen LogP contribution in [0.2, 0.25) is 0 Å². The van der Waals surface area contributed by atoms with Crippen LogP contribution >= 0.6 is 0 Å². The minimum absolute atomic E-state index is 0.0555. The molecule has 15 heavy (non-hydrogen) atoms. The fraction of sp³-hybridized carbons (Fsp3) is 0.800. The predicted molar refractivity (Wildman–Crippen MR) is 53.3 cm³/mol. The van der Waals surface area contributed by atoms with E-state index in [0.717, 1.165) is 19.4 Å². The Bertz CT molecular complexity index is 280. The first-order chi connectivity index (χ1) is 7.14. The summed E-state index contributed by atoms with van der Waals surface area (Å²) in [6.45, 7) is 1.15. The van der Waals surface area contributed by atoms with E-state index in [4.69, 9.17) is 5.11 Å². The van der Waals surface area contributed by atoms with Crippen LogP contribution in [0, 0.1) is 5.41 Å². The first-order valence-corrected chi connectivity index (χ1v) is 5.39. The Labute approximate surface area is 88.2 Å². The molecule has 1 aliphatic heterocycles. The minimum atomic E-state index is -0.790. The SMILES string of the molecule is O=C(NCC1(C(=O)O)CC1)[C@H]1CCCN1. The summed E-state index contributed by atoms with van der Waals surface area (Å²) in [6, 6.07) is -0.116. The van der Waals surface area contributed by atoms with Gasteiger partial charge in [-0.2, -0.15) is 0 Å². The highest BCUT2D eigenvalue weighted by Crippen LogP contribution is 2.45. The van der Waals surface area contributed by atoms with E-state index < -0.39 is 11.4 Å². The number of aliphatic carboxylic acids is 1. The summed E-state index contributed by atoms with van der Waals surface area (Å²) in [4.78, 5) is 22.4. The van der Waals surface area contributed by atoms with Crippen molar-refractivity contribution < 1.29 is 14.7 Å². The standard InChI is InChI=1S/C10H16N2O3/c13-8(7-2-1-5-11-7)12-6-10(3-4-10)9(14)15/h7,11H,1-6H2,(H,12,13)(H,14,15)/t7-/m1/s1. The lowest BCUT2D eigenvalue weighted by molar-refractivity contribution is -0.143. The largest absolute Gasteiger partial charge is 0.481 e. The molecule has 0 radical (unpaired) electrons. The summed E-state index contributed by atoms with van der Waals surface area (Å²) in [5.74, 6) is -0.845. The summed E-state index contributed by atoms with van der Waals surface area (Å²) in [5.41, 5.74) is -0.658. The van der Waals surface area contributed by atoms with E-state index in [9.17, 15) is 9.59 Å². The number of carbonyl (C=O) groups excluding carboxylic acids is 1. The molecule has 2 fully saturated rings. The molecule has 0 unspecified atom stereocenters. The highest BCUT2D eigenvalue weighted by molar-refractivity contribution is 5.84. The van der Waals surface area contributed by atoms with Gasteiger partial charge in [-0.05, 0) is 32.2 Å². The second-order valence-electron chi connectivity index (χ2n) is 4.45. The molecule has 2 rings (SSSR count). The molecule has 2 aliphatic rings. The topological polar surface area (TPSA) is 78.4 Å². The molecular weight excluding hydrogens is 196 g/mol. The number of amides is 1. The van der Waals surface area contributed by atoms with Gasteiger partial charge in [0.15, 0.2) is 0 Å². The molecule has 1 amide bonds. The average Bonchev–Trinajstić information content (AvgIpc) is 2.80. The van der Waals surface area contributed by atoms with E-state index in [2.05, 4.69) is 10.6 Å². The summed E-state index contributed by atoms with van der Waals surface area (Å²) in [5, 5.41) is 14.7. The number of carbonyl (C=O) groups is 2. The van der Waals surface area contributed by atoms with Gasteiger partial charge in [0.1, 0.15) is 0 Å². The monoisotopic (exact) mass is 212 g/mol. The molecule has 1 saturated heterocycles. The van der Waals surface area contributed by atoms with Crippen molar-refractivity contribution in [1.29, 1.82) is 0 Å². The number of carboxylic acid groups (broad SMARTS) is 1. The van der Waals surface area contributed by atoms with Crippen molar-refractivity contribution in [3.63, 3.8) is 0 Å². The van der Waals surface area contributed by atoms with Crippen molar-refractivity contribution in [2.24, 2.45) is 5.41 Å². The highest BCUT2D eigenvalue weighted by Gasteiger charge is 2.50. The number of nitrogens with one attached hydrogen (secondary N) is 2. The third-order valence-corrected chi connectivity index (χ3v) is 3.29. The van der Waals surface area contributed by atoms with Gasteiger partial charge in [-0.1, -0.05) is 0 Å². The molecule has 5 nitrogen and oxygen atoms in total. The summed E-state index contributed by atoms with van der Waals surface area (Å²) in [7, 11) is 0. The maximum absolute atomic E-state index is 11.6. The van der Waals surface area contributed by atoms with Crippen molar-refractivity contribution in [2.75, 3.05) is 13.1 Å². The Morgan fingerprint density at radius 3 is 2.67 bits per heavy atom. The average molecular weight is 212 g/mol. The van der Waals surface area contributed by atoms with Crippen molar-refractivity contribution in [3.05, 3.63) is 0 Å². The van der Waals surface area contributed by atoms with Crippen LogP contribution in [0.25, 0.3) is 0 Å². The molecule has 0 bridgehead atoms. The van der Waals surface area contributed by atoms with Crippen molar-refractivity contribution >= 4 is 11.9 Å².